The standard InChI is InChI=1S/C13H8BrIN2/c14-9-7-8(5-6-10(9)15)13-16-11-3-1-2-4-12(11)17-13/h1-7H,(H,16,17). The molecule has 0 spiro atoms. The summed E-state index contributed by atoms with van der Waals surface area (Å²) < 4.78 is 2.29. The Morgan fingerprint density at radius 1 is 1.12 bits per heavy atom. The lowest BCUT2D eigenvalue weighted by atomic mass is 10.2. The number of imidazole rings is 1. The van der Waals surface area contributed by atoms with Crippen LogP contribution in [0.25, 0.3) is 22.4 Å². The van der Waals surface area contributed by atoms with Crippen LogP contribution in [0.2, 0.25) is 0 Å². The fourth-order valence-corrected chi connectivity index (χ4v) is 2.45. The maximum absolute atomic E-state index is 4.57. The van der Waals surface area contributed by atoms with E-state index in [9.17, 15) is 0 Å². The lowest BCUT2D eigenvalue weighted by Gasteiger charge is -1.99. The van der Waals surface area contributed by atoms with E-state index < -0.39 is 0 Å². The molecule has 17 heavy (non-hydrogen) atoms. The quantitative estimate of drug-likeness (QED) is 0.596. The molecule has 0 saturated heterocycles. The Labute approximate surface area is 121 Å². The van der Waals surface area contributed by atoms with Crippen molar-refractivity contribution in [1.29, 1.82) is 0 Å². The molecular formula is C13H8BrIN2. The van der Waals surface area contributed by atoms with Crippen LogP contribution >= 0.6 is 38.5 Å². The summed E-state index contributed by atoms with van der Waals surface area (Å²) in [7, 11) is 0. The van der Waals surface area contributed by atoms with Crippen LogP contribution in [0.4, 0.5) is 0 Å². The number of aromatic amines is 1. The molecule has 1 aromatic heterocycles. The Morgan fingerprint density at radius 2 is 1.94 bits per heavy atom. The average molecular weight is 399 g/mol. The summed E-state index contributed by atoms with van der Waals surface area (Å²) >= 11 is 5.84. The van der Waals surface area contributed by atoms with E-state index in [2.05, 4.69) is 66.7 Å². The Hall–Kier alpha value is -0.880. The summed E-state index contributed by atoms with van der Waals surface area (Å²) in [5.41, 5.74) is 3.16. The van der Waals surface area contributed by atoms with Crippen molar-refractivity contribution in [2.24, 2.45) is 0 Å². The Kier molecular flexibility index (Phi) is 2.92. The molecule has 1 N–H and O–H groups in total. The van der Waals surface area contributed by atoms with Gasteiger partial charge in [0.05, 0.1) is 11.0 Å². The minimum absolute atomic E-state index is 0.906. The van der Waals surface area contributed by atoms with E-state index in [0.717, 1.165) is 26.9 Å². The van der Waals surface area contributed by atoms with Crippen molar-refractivity contribution in [1.82, 2.24) is 9.97 Å². The highest BCUT2D eigenvalue weighted by Crippen LogP contribution is 2.26. The van der Waals surface area contributed by atoms with E-state index in [0.29, 0.717) is 0 Å². The van der Waals surface area contributed by atoms with Gasteiger partial charge in [-0.3, -0.25) is 0 Å². The van der Waals surface area contributed by atoms with Crippen LogP contribution in [0.15, 0.2) is 46.9 Å². The Balaban J connectivity index is 2.17. The molecule has 0 unspecified atom stereocenters. The fourth-order valence-electron chi connectivity index (χ4n) is 1.73. The number of hydrogen-bond acceptors (Lipinski definition) is 1. The molecule has 0 saturated carbocycles. The van der Waals surface area contributed by atoms with E-state index in [1.807, 2.05) is 24.3 Å². The first-order valence-corrected chi connectivity index (χ1v) is 7.01. The van der Waals surface area contributed by atoms with E-state index in [1.54, 1.807) is 0 Å². The summed E-state index contributed by atoms with van der Waals surface area (Å²) in [6.07, 6.45) is 0. The molecule has 0 aliphatic carbocycles. The number of nitrogens with one attached hydrogen (secondary N) is 1. The smallest absolute Gasteiger partial charge is 0.138 e. The number of H-pyrrole nitrogens is 1. The molecule has 0 aliphatic heterocycles. The van der Waals surface area contributed by atoms with E-state index in [-0.39, 0.29) is 0 Å². The lowest BCUT2D eigenvalue weighted by Crippen LogP contribution is -1.82. The molecular weight excluding hydrogens is 391 g/mol. The highest BCUT2D eigenvalue weighted by molar-refractivity contribution is 14.1. The largest absolute Gasteiger partial charge is 0.338 e. The van der Waals surface area contributed by atoms with E-state index in [4.69, 9.17) is 0 Å². The second kappa shape index (κ2) is 4.42. The Bertz CT molecular complexity index is 658. The van der Waals surface area contributed by atoms with E-state index in [1.165, 1.54) is 3.57 Å². The summed E-state index contributed by atoms with van der Waals surface area (Å²) in [6, 6.07) is 14.3. The van der Waals surface area contributed by atoms with Gasteiger partial charge < -0.3 is 4.98 Å². The van der Waals surface area contributed by atoms with E-state index >= 15 is 0 Å². The third-order valence-corrected chi connectivity index (χ3v) is 4.92. The second-order valence-electron chi connectivity index (χ2n) is 3.73. The predicted molar refractivity (Wildman–Crippen MR) is 81.9 cm³/mol. The van der Waals surface area contributed by atoms with Gasteiger partial charge in [0.1, 0.15) is 5.82 Å². The van der Waals surface area contributed by atoms with Crippen molar-refractivity contribution in [2.45, 2.75) is 0 Å². The fraction of sp³-hybridized carbons (Fsp3) is 0. The van der Waals surface area contributed by atoms with Crippen molar-refractivity contribution >= 4 is 49.6 Å². The van der Waals surface area contributed by atoms with Crippen LogP contribution in [-0.4, -0.2) is 9.97 Å². The number of hydrogen-bond donors (Lipinski definition) is 1. The molecule has 3 rings (SSSR count). The zero-order valence-corrected chi connectivity index (χ0v) is 12.5. The minimum Gasteiger partial charge on any atom is -0.338 e. The molecule has 0 amide bonds. The first kappa shape index (κ1) is 11.2. The summed E-state index contributed by atoms with van der Waals surface area (Å²) in [6.45, 7) is 0. The molecule has 2 nitrogen and oxygen atoms in total. The van der Waals surface area contributed by atoms with Crippen LogP contribution in [0, 0.1) is 3.57 Å². The Morgan fingerprint density at radius 3 is 2.71 bits per heavy atom. The van der Waals surface area contributed by atoms with Crippen LogP contribution in [0.3, 0.4) is 0 Å². The van der Waals surface area contributed by atoms with Crippen molar-refractivity contribution in [3.05, 3.63) is 50.5 Å². The van der Waals surface area contributed by atoms with Gasteiger partial charge in [0.2, 0.25) is 0 Å². The van der Waals surface area contributed by atoms with Crippen LogP contribution in [0.1, 0.15) is 0 Å². The number of rotatable bonds is 1. The van der Waals surface area contributed by atoms with Crippen LogP contribution in [-0.2, 0) is 0 Å². The maximum atomic E-state index is 4.57. The molecule has 0 fully saturated rings. The number of halogens is 2. The van der Waals surface area contributed by atoms with Crippen LogP contribution in [0.5, 0.6) is 0 Å². The molecule has 3 aromatic rings. The van der Waals surface area contributed by atoms with Gasteiger partial charge >= 0.3 is 0 Å². The van der Waals surface area contributed by atoms with Gasteiger partial charge in [0.15, 0.2) is 0 Å². The molecule has 84 valence electrons. The summed E-state index contributed by atoms with van der Waals surface area (Å²) in [4.78, 5) is 7.90. The van der Waals surface area contributed by atoms with Gasteiger partial charge in [-0.2, -0.15) is 0 Å². The SMILES string of the molecule is Brc1cc(-c2nc3ccccc3[nH]2)ccc1I. The van der Waals surface area contributed by atoms with Gasteiger partial charge in [0.25, 0.3) is 0 Å². The van der Waals surface area contributed by atoms with Crippen molar-refractivity contribution in [3.63, 3.8) is 0 Å². The van der Waals surface area contributed by atoms with Gasteiger partial charge in [-0.15, -0.1) is 0 Å². The molecule has 4 heteroatoms. The van der Waals surface area contributed by atoms with Crippen LogP contribution < -0.4 is 0 Å². The topological polar surface area (TPSA) is 28.7 Å². The first-order chi connectivity index (χ1) is 8.24. The second-order valence-corrected chi connectivity index (χ2v) is 5.75. The molecule has 0 radical (unpaired) electrons. The maximum Gasteiger partial charge on any atom is 0.138 e. The third kappa shape index (κ3) is 2.11. The van der Waals surface area contributed by atoms with Gasteiger partial charge in [-0.05, 0) is 62.8 Å². The number of benzene rings is 2. The molecule has 1 heterocycles. The highest BCUT2D eigenvalue weighted by atomic mass is 127. The average Bonchev–Trinajstić information content (AvgIpc) is 2.76. The zero-order chi connectivity index (χ0) is 11.8. The van der Waals surface area contributed by atoms with Crippen molar-refractivity contribution < 1.29 is 0 Å². The van der Waals surface area contributed by atoms with Crippen molar-refractivity contribution in [3.8, 4) is 11.4 Å². The number of fused-ring (bicyclic) bond motifs is 1. The minimum atomic E-state index is 0.906. The lowest BCUT2D eigenvalue weighted by molar-refractivity contribution is 1.33. The molecule has 0 bridgehead atoms. The first-order valence-electron chi connectivity index (χ1n) is 5.14. The predicted octanol–water partition coefficient (Wildman–Crippen LogP) is 4.60. The summed E-state index contributed by atoms with van der Waals surface area (Å²) in [5.74, 6) is 0.906. The highest BCUT2D eigenvalue weighted by Gasteiger charge is 2.06. The number of aromatic nitrogens is 2. The molecule has 0 atom stereocenters. The van der Waals surface area contributed by atoms with Gasteiger partial charge in [-0.1, -0.05) is 18.2 Å². The molecule has 2 aromatic carbocycles. The van der Waals surface area contributed by atoms with Gasteiger partial charge in [0, 0.05) is 13.6 Å². The monoisotopic (exact) mass is 398 g/mol. The number of nitrogens with zero attached hydrogens (tertiary/aromatic N) is 1. The summed E-state index contributed by atoms with van der Waals surface area (Å²) in [5, 5.41) is 0. The third-order valence-electron chi connectivity index (χ3n) is 2.58. The zero-order valence-electron chi connectivity index (χ0n) is 8.74. The number of para-hydroxylation sites is 2. The molecule has 0 aliphatic rings. The normalized spacial score (nSPS) is 10.9. The van der Waals surface area contributed by atoms with Crippen molar-refractivity contribution in [2.75, 3.05) is 0 Å². The van der Waals surface area contributed by atoms with Gasteiger partial charge in [-0.25, -0.2) is 4.98 Å².